The Morgan fingerprint density at radius 2 is 1.67 bits per heavy atom. The molecule has 0 atom stereocenters. The number of nitrogen functional groups attached to an aromatic ring is 1. The van der Waals surface area contributed by atoms with E-state index >= 15 is 0 Å². The van der Waals surface area contributed by atoms with E-state index in [0.717, 1.165) is 11.6 Å². The SMILES string of the molecule is Cl.Nc1ccc(OCCc2ccccc2)c(C(F)(F)F)c1. The number of ether oxygens (including phenoxy) is 1. The fourth-order valence-corrected chi connectivity index (χ4v) is 1.82. The lowest BCUT2D eigenvalue weighted by Crippen LogP contribution is -2.11. The van der Waals surface area contributed by atoms with Crippen LogP contribution in [0, 0.1) is 0 Å². The molecule has 0 aromatic heterocycles. The van der Waals surface area contributed by atoms with Crippen LogP contribution in [0.1, 0.15) is 11.1 Å². The number of alkyl halides is 3. The van der Waals surface area contributed by atoms with E-state index in [1.807, 2.05) is 30.3 Å². The quantitative estimate of drug-likeness (QED) is 0.852. The highest BCUT2D eigenvalue weighted by molar-refractivity contribution is 5.85. The van der Waals surface area contributed by atoms with Gasteiger partial charge in [-0.1, -0.05) is 30.3 Å². The molecule has 0 aliphatic carbocycles. The van der Waals surface area contributed by atoms with Crippen LogP contribution in [0.4, 0.5) is 18.9 Å². The topological polar surface area (TPSA) is 35.2 Å². The summed E-state index contributed by atoms with van der Waals surface area (Å²) in [5.74, 6) is -0.192. The molecule has 2 rings (SSSR count). The number of nitrogens with two attached hydrogens (primary N) is 1. The Morgan fingerprint density at radius 1 is 1.00 bits per heavy atom. The van der Waals surface area contributed by atoms with Crippen molar-refractivity contribution in [3.05, 3.63) is 59.7 Å². The van der Waals surface area contributed by atoms with Crippen molar-refractivity contribution < 1.29 is 17.9 Å². The minimum atomic E-state index is -4.47. The van der Waals surface area contributed by atoms with Crippen molar-refractivity contribution in [2.24, 2.45) is 0 Å². The maximum absolute atomic E-state index is 12.8. The van der Waals surface area contributed by atoms with Gasteiger partial charge >= 0.3 is 6.18 Å². The molecule has 0 radical (unpaired) electrons. The van der Waals surface area contributed by atoms with Gasteiger partial charge in [-0.15, -0.1) is 12.4 Å². The summed E-state index contributed by atoms with van der Waals surface area (Å²) >= 11 is 0. The van der Waals surface area contributed by atoms with Crippen molar-refractivity contribution in [2.75, 3.05) is 12.3 Å². The fourth-order valence-electron chi connectivity index (χ4n) is 1.82. The summed E-state index contributed by atoms with van der Waals surface area (Å²) < 4.78 is 43.8. The van der Waals surface area contributed by atoms with Gasteiger partial charge in [0.1, 0.15) is 5.75 Å². The maximum atomic E-state index is 12.8. The first kappa shape index (κ1) is 17.2. The van der Waals surface area contributed by atoms with Gasteiger partial charge in [0.2, 0.25) is 0 Å². The molecule has 0 fully saturated rings. The number of anilines is 1. The van der Waals surface area contributed by atoms with Gasteiger partial charge in [-0.2, -0.15) is 13.2 Å². The lowest BCUT2D eigenvalue weighted by atomic mass is 10.1. The summed E-state index contributed by atoms with van der Waals surface area (Å²) in [6.45, 7) is 0.178. The van der Waals surface area contributed by atoms with Crippen LogP contribution >= 0.6 is 12.4 Å². The van der Waals surface area contributed by atoms with Crippen molar-refractivity contribution in [2.45, 2.75) is 12.6 Å². The molecule has 0 bridgehead atoms. The van der Waals surface area contributed by atoms with Gasteiger partial charge in [0.25, 0.3) is 0 Å². The minimum absolute atomic E-state index is 0. The molecule has 0 saturated carbocycles. The molecule has 0 spiro atoms. The Balaban J connectivity index is 0.00000220. The normalized spacial score (nSPS) is 10.8. The zero-order valence-electron chi connectivity index (χ0n) is 11.1. The standard InChI is InChI=1S/C15H14F3NO.ClH/c16-15(17,18)13-10-12(19)6-7-14(13)20-9-8-11-4-2-1-3-5-11;/h1-7,10H,8-9,19H2;1H. The third-order valence-corrected chi connectivity index (χ3v) is 2.80. The second kappa shape index (κ2) is 7.22. The van der Waals surface area contributed by atoms with Crippen molar-refractivity contribution in [1.82, 2.24) is 0 Å². The first-order valence-corrected chi connectivity index (χ1v) is 6.10. The molecule has 0 aliphatic rings. The van der Waals surface area contributed by atoms with Crippen molar-refractivity contribution in [3.63, 3.8) is 0 Å². The van der Waals surface area contributed by atoms with E-state index in [0.29, 0.717) is 6.42 Å². The van der Waals surface area contributed by atoms with Crippen LogP contribution in [0.5, 0.6) is 5.75 Å². The van der Waals surface area contributed by atoms with Crippen LogP contribution in [-0.4, -0.2) is 6.61 Å². The molecular weight excluding hydrogens is 303 g/mol. The summed E-state index contributed by atoms with van der Waals surface area (Å²) in [7, 11) is 0. The van der Waals surface area contributed by atoms with Crippen LogP contribution in [0.15, 0.2) is 48.5 Å². The highest BCUT2D eigenvalue weighted by Gasteiger charge is 2.34. The first-order valence-electron chi connectivity index (χ1n) is 6.10. The molecule has 114 valence electrons. The Hall–Kier alpha value is -1.88. The molecule has 2 aromatic carbocycles. The van der Waals surface area contributed by atoms with Gasteiger partial charge in [-0.05, 0) is 23.8 Å². The molecule has 0 heterocycles. The van der Waals surface area contributed by atoms with Gasteiger partial charge in [-0.25, -0.2) is 0 Å². The lowest BCUT2D eigenvalue weighted by molar-refractivity contribution is -0.138. The zero-order chi connectivity index (χ0) is 14.6. The number of hydrogen-bond acceptors (Lipinski definition) is 2. The zero-order valence-corrected chi connectivity index (χ0v) is 11.9. The second-order valence-electron chi connectivity index (χ2n) is 4.34. The van der Waals surface area contributed by atoms with Crippen LogP contribution in [0.2, 0.25) is 0 Å². The summed E-state index contributed by atoms with van der Waals surface area (Å²) in [6, 6.07) is 13.0. The maximum Gasteiger partial charge on any atom is 0.420 e. The lowest BCUT2D eigenvalue weighted by Gasteiger charge is -2.14. The van der Waals surface area contributed by atoms with E-state index in [-0.39, 0.29) is 30.5 Å². The van der Waals surface area contributed by atoms with E-state index in [9.17, 15) is 13.2 Å². The molecule has 0 aliphatic heterocycles. The summed E-state index contributed by atoms with van der Waals surface area (Å²) in [4.78, 5) is 0. The second-order valence-corrected chi connectivity index (χ2v) is 4.34. The van der Waals surface area contributed by atoms with E-state index in [2.05, 4.69) is 0 Å². The van der Waals surface area contributed by atoms with Crippen molar-refractivity contribution >= 4 is 18.1 Å². The van der Waals surface area contributed by atoms with E-state index in [1.165, 1.54) is 12.1 Å². The third-order valence-electron chi connectivity index (χ3n) is 2.80. The van der Waals surface area contributed by atoms with E-state index in [4.69, 9.17) is 10.5 Å². The van der Waals surface area contributed by atoms with Crippen LogP contribution in [0.3, 0.4) is 0 Å². The van der Waals surface area contributed by atoms with E-state index in [1.54, 1.807) is 0 Å². The van der Waals surface area contributed by atoms with Crippen molar-refractivity contribution in [3.8, 4) is 5.75 Å². The Bertz CT molecular complexity index is 573. The predicted molar refractivity (Wildman–Crippen MR) is 78.7 cm³/mol. The van der Waals surface area contributed by atoms with Crippen LogP contribution in [-0.2, 0) is 12.6 Å². The van der Waals surface area contributed by atoms with Gasteiger partial charge in [0.05, 0.1) is 12.2 Å². The Labute approximate surface area is 127 Å². The molecule has 2 N–H and O–H groups in total. The average Bonchev–Trinajstić information content (AvgIpc) is 2.40. The number of rotatable bonds is 4. The summed E-state index contributed by atoms with van der Waals surface area (Å²) in [5.41, 5.74) is 5.62. The molecule has 2 nitrogen and oxygen atoms in total. The smallest absolute Gasteiger partial charge is 0.420 e. The number of halogens is 4. The fraction of sp³-hybridized carbons (Fsp3) is 0.200. The minimum Gasteiger partial charge on any atom is -0.493 e. The summed E-state index contributed by atoms with van der Waals surface area (Å²) in [6.07, 6.45) is -3.93. The molecule has 0 saturated heterocycles. The highest BCUT2D eigenvalue weighted by atomic mass is 35.5. The van der Waals surface area contributed by atoms with E-state index < -0.39 is 11.7 Å². The molecule has 6 heteroatoms. The van der Waals surface area contributed by atoms with Crippen LogP contribution < -0.4 is 10.5 Å². The average molecular weight is 318 g/mol. The molecule has 0 unspecified atom stereocenters. The van der Waals surface area contributed by atoms with Crippen LogP contribution in [0.25, 0.3) is 0 Å². The number of benzene rings is 2. The Kier molecular flexibility index (Phi) is 5.90. The number of hydrogen-bond donors (Lipinski definition) is 1. The van der Waals surface area contributed by atoms with Gasteiger partial charge in [-0.3, -0.25) is 0 Å². The van der Waals surface area contributed by atoms with Gasteiger partial charge in [0.15, 0.2) is 0 Å². The Morgan fingerprint density at radius 3 is 2.29 bits per heavy atom. The monoisotopic (exact) mass is 317 g/mol. The molecule has 21 heavy (non-hydrogen) atoms. The molecular formula is C15H15ClF3NO. The van der Waals surface area contributed by atoms with Crippen molar-refractivity contribution in [1.29, 1.82) is 0 Å². The predicted octanol–water partition coefficient (Wildman–Crippen LogP) is 4.33. The van der Waals surface area contributed by atoms with Gasteiger partial charge in [0, 0.05) is 12.1 Å². The highest BCUT2D eigenvalue weighted by Crippen LogP contribution is 2.37. The largest absolute Gasteiger partial charge is 0.493 e. The molecule has 0 amide bonds. The third kappa shape index (κ3) is 4.86. The molecule has 2 aromatic rings. The first-order chi connectivity index (χ1) is 9.47. The van der Waals surface area contributed by atoms with Gasteiger partial charge < -0.3 is 10.5 Å². The summed E-state index contributed by atoms with van der Waals surface area (Å²) in [5, 5.41) is 0.